The topological polar surface area (TPSA) is 39.7 Å². The third-order valence-electron chi connectivity index (χ3n) is 5.41. The molecule has 2 N–H and O–H groups in total. The number of aliphatic imine (C=N–C) groups is 1. The van der Waals surface area contributed by atoms with E-state index in [0.29, 0.717) is 6.04 Å². The third kappa shape index (κ3) is 4.71. The summed E-state index contributed by atoms with van der Waals surface area (Å²) in [5.74, 6) is 1.89. The van der Waals surface area contributed by atoms with Gasteiger partial charge in [-0.3, -0.25) is 9.89 Å². The van der Waals surface area contributed by atoms with Crippen LogP contribution in [0.1, 0.15) is 51.4 Å². The molecule has 5 heteroatoms. The van der Waals surface area contributed by atoms with Crippen LogP contribution in [0.15, 0.2) is 4.99 Å². The molecular weight excluding hydrogens is 375 g/mol. The molecule has 0 radical (unpaired) electrons. The maximum atomic E-state index is 4.38. The van der Waals surface area contributed by atoms with E-state index in [2.05, 4.69) is 20.5 Å². The Bertz CT molecular complexity index is 337. The van der Waals surface area contributed by atoms with E-state index in [4.69, 9.17) is 0 Å². The minimum atomic E-state index is 0. The van der Waals surface area contributed by atoms with Crippen LogP contribution < -0.4 is 10.6 Å². The molecule has 0 bridgehead atoms. The molecule has 2 saturated carbocycles. The van der Waals surface area contributed by atoms with Crippen LogP contribution in [0.25, 0.3) is 0 Å². The van der Waals surface area contributed by atoms with Gasteiger partial charge in [0, 0.05) is 38.8 Å². The fraction of sp³-hybridized carbons (Fsp3) is 0.938. The summed E-state index contributed by atoms with van der Waals surface area (Å²) in [4.78, 5) is 7.08. The van der Waals surface area contributed by atoms with E-state index in [9.17, 15) is 0 Å². The van der Waals surface area contributed by atoms with Crippen molar-refractivity contribution in [3.8, 4) is 0 Å². The molecule has 0 spiro atoms. The van der Waals surface area contributed by atoms with E-state index in [-0.39, 0.29) is 24.0 Å². The van der Waals surface area contributed by atoms with E-state index < -0.39 is 0 Å². The minimum Gasteiger partial charge on any atom is -0.356 e. The summed E-state index contributed by atoms with van der Waals surface area (Å²) >= 11 is 0. The lowest BCUT2D eigenvalue weighted by atomic mass is 9.85. The Morgan fingerprint density at radius 3 is 2.48 bits per heavy atom. The van der Waals surface area contributed by atoms with Gasteiger partial charge in [-0.15, -0.1) is 24.0 Å². The van der Waals surface area contributed by atoms with Crippen LogP contribution in [-0.4, -0.2) is 49.6 Å². The van der Waals surface area contributed by atoms with Gasteiger partial charge in [0.25, 0.3) is 0 Å². The molecule has 3 rings (SSSR count). The fourth-order valence-corrected chi connectivity index (χ4v) is 3.83. The molecule has 1 saturated heterocycles. The van der Waals surface area contributed by atoms with Crippen molar-refractivity contribution in [2.24, 2.45) is 10.9 Å². The second-order valence-electron chi connectivity index (χ2n) is 6.81. The van der Waals surface area contributed by atoms with Gasteiger partial charge in [-0.25, -0.2) is 0 Å². The van der Waals surface area contributed by atoms with Gasteiger partial charge >= 0.3 is 0 Å². The Kier molecular flexibility index (Phi) is 7.05. The highest BCUT2D eigenvalue weighted by Gasteiger charge is 2.30. The van der Waals surface area contributed by atoms with E-state index >= 15 is 0 Å². The Hall–Kier alpha value is -0.0400. The molecule has 0 aromatic heterocycles. The van der Waals surface area contributed by atoms with Crippen LogP contribution in [0.5, 0.6) is 0 Å². The maximum Gasteiger partial charge on any atom is 0.191 e. The molecule has 1 aliphatic heterocycles. The SMILES string of the molecule is CN=C(NCC1CCC1)NC1CCN(C2CCCC2)C1.I. The van der Waals surface area contributed by atoms with Crippen molar-refractivity contribution >= 4 is 29.9 Å². The monoisotopic (exact) mass is 406 g/mol. The van der Waals surface area contributed by atoms with Gasteiger partial charge < -0.3 is 10.6 Å². The number of likely N-dealkylation sites (tertiary alicyclic amines) is 1. The Labute approximate surface area is 146 Å². The maximum absolute atomic E-state index is 4.38. The molecular formula is C16H31IN4. The lowest BCUT2D eigenvalue weighted by molar-refractivity contribution is 0.242. The summed E-state index contributed by atoms with van der Waals surface area (Å²) in [6.45, 7) is 3.56. The first kappa shape index (κ1) is 17.3. The predicted molar refractivity (Wildman–Crippen MR) is 99.5 cm³/mol. The molecule has 122 valence electrons. The summed E-state index contributed by atoms with van der Waals surface area (Å²) in [6, 6.07) is 1.45. The molecule has 1 heterocycles. The number of hydrogen-bond donors (Lipinski definition) is 2. The third-order valence-corrected chi connectivity index (χ3v) is 5.41. The molecule has 0 aromatic rings. The molecule has 1 unspecified atom stereocenters. The molecule has 0 aromatic carbocycles. The van der Waals surface area contributed by atoms with Crippen molar-refractivity contribution in [1.82, 2.24) is 15.5 Å². The lowest BCUT2D eigenvalue weighted by Gasteiger charge is -2.27. The number of nitrogens with zero attached hydrogens (tertiary/aromatic N) is 2. The first-order valence-corrected chi connectivity index (χ1v) is 8.56. The van der Waals surface area contributed by atoms with E-state index in [1.54, 1.807) is 0 Å². The highest BCUT2D eigenvalue weighted by molar-refractivity contribution is 14.0. The number of rotatable bonds is 4. The smallest absolute Gasteiger partial charge is 0.191 e. The van der Waals surface area contributed by atoms with Crippen LogP contribution in [0.3, 0.4) is 0 Å². The van der Waals surface area contributed by atoms with Crippen LogP contribution >= 0.6 is 24.0 Å². The van der Waals surface area contributed by atoms with Gasteiger partial charge in [0.05, 0.1) is 0 Å². The summed E-state index contributed by atoms with van der Waals surface area (Å²) < 4.78 is 0. The standard InChI is InChI=1S/C16H30N4.HI/c1-17-16(18-11-13-5-4-6-13)19-14-9-10-20(12-14)15-7-2-3-8-15;/h13-15H,2-12H2,1H3,(H2,17,18,19);1H. The Balaban J connectivity index is 0.00000161. The second-order valence-corrected chi connectivity index (χ2v) is 6.81. The lowest BCUT2D eigenvalue weighted by Crippen LogP contribution is -2.46. The van der Waals surface area contributed by atoms with Crippen molar-refractivity contribution in [3.63, 3.8) is 0 Å². The normalized spacial score (nSPS) is 28.2. The predicted octanol–water partition coefficient (Wildman–Crippen LogP) is 2.59. The van der Waals surface area contributed by atoms with Crippen molar-refractivity contribution in [3.05, 3.63) is 0 Å². The zero-order valence-electron chi connectivity index (χ0n) is 13.3. The number of nitrogens with one attached hydrogen (secondary N) is 2. The number of guanidine groups is 1. The van der Waals surface area contributed by atoms with Gasteiger partial charge in [-0.2, -0.15) is 0 Å². The van der Waals surface area contributed by atoms with Crippen LogP contribution in [0, 0.1) is 5.92 Å². The summed E-state index contributed by atoms with van der Waals surface area (Å²) in [7, 11) is 1.89. The van der Waals surface area contributed by atoms with Gasteiger partial charge in [0.1, 0.15) is 0 Å². The zero-order valence-corrected chi connectivity index (χ0v) is 15.6. The number of halogens is 1. The quantitative estimate of drug-likeness (QED) is 0.428. The van der Waals surface area contributed by atoms with Crippen LogP contribution in [0.4, 0.5) is 0 Å². The van der Waals surface area contributed by atoms with Crippen molar-refractivity contribution in [2.45, 2.75) is 63.5 Å². The first-order chi connectivity index (χ1) is 9.85. The molecule has 2 aliphatic carbocycles. The minimum absolute atomic E-state index is 0. The highest BCUT2D eigenvalue weighted by Crippen LogP contribution is 2.27. The molecule has 0 amide bonds. The Morgan fingerprint density at radius 2 is 1.86 bits per heavy atom. The van der Waals surface area contributed by atoms with Crippen LogP contribution in [-0.2, 0) is 0 Å². The Morgan fingerprint density at radius 1 is 1.10 bits per heavy atom. The van der Waals surface area contributed by atoms with Crippen molar-refractivity contribution in [2.75, 3.05) is 26.7 Å². The summed E-state index contributed by atoms with van der Waals surface area (Å²) in [6.07, 6.45) is 11.2. The average molecular weight is 406 g/mol. The van der Waals surface area contributed by atoms with E-state index in [1.807, 2.05) is 7.05 Å². The second kappa shape index (κ2) is 8.56. The fourth-order valence-electron chi connectivity index (χ4n) is 3.83. The van der Waals surface area contributed by atoms with Gasteiger partial charge in [0.15, 0.2) is 5.96 Å². The van der Waals surface area contributed by atoms with E-state index in [1.165, 1.54) is 64.5 Å². The molecule has 1 atom stereocenters. The first-order valence-electron chi connectivity index (χ1n) is 8.56. The van der Waals surface area contributed by atoms with Crippen LogP contribution in [0.2, 0.25) is 0 Å². The average Bonchev–Trinajstić information content (AvgIpc) is 3.06. The summed E-state index contributed by atoms with van der Waals surface area (Å²) in [5.41, 5.74) is 0. The van der Waals surface area contributed by atoms with Gasteiger partial charge in [0.2, 0.25) is 0 Å². The number of hydrogen-bond acceptors (Lipinski definition) is 2. The van der Waals surface area contributed by atoms with Crippen molar-refractivity contribution < 1.29 is 0 Å². The van der Waals surface area contributed by atoms with E-state index in [0.717, 1.165) is 24.5 Å². The highest BCUT2D eigenvalue weighted by atomic mass is 127. The summed E-state index contributed by atoms with van der Waals surface area (Å²) in [5, 5.41) is 7.12. The molecule has 21 heavy (non-hydrogen) atoms. The van der Waals surface area contributed by atoms with Gasteiger partial charge in [-0.05, 0) is 38.0 Å². The largest absolute Gasteiger partial charge is 0.356 e. The van der Waals surface area contributed by atoms with Crippen molar-refractivity contribution in [1.29, 1.82) is 0 Å². The zero-order chi connectivity index (χ0) is 13.8. The molecule has 3 fully saturated rings. The van der Waals surface area contributed by atoms with Gasteiger partial charge in [-0.1, -0.05) is 19.3 Å². The molecule has 3 aliphatic rings. The molecule has 4 nitrogen and oxygen atoms in total.